The van der Waals surface area contributed by atoms with Gasteiger partial charge in [0.1, 0.15) is 6.04 Å². The van der Waals surface area contributed by atoms with E-state index in [1.54, 1.807) is 0 Å². The fourth-order valence-corrected chi connectivity index (χ4v) is 1.23. The monoisotopic (exact) mass is 187 g/mol. The first-order valence-corrected chi connectivity index (χ1v) is 4.22. The Bertz CT molecular complexity index is 207. The van der Waals surface area contributed by atoms with Crippen LogP contribution < -0.4 is 16.2 Å². The molecule has 13 heavy (non-hydrogen) atoms. The third-order valence-corrected chi connectivity index (χ3v) is 1.89. The number of hydrogen-bond donors (Lipinski definition) is 4. The molecule has 1 heterocycles. The van der Waals surface area contributed by atoms with E-state index in [9.17, 15) is 9.59 Å². The lowest BCUT2D eigenvalue weighted by Gasteiger charge is -2.13. The topological polar surface area (TPSA) is 90.5 Å². The molecule has 2 amide bonds. The molecule has 0 aromatic rings. The molecule has 0 radical (unpaired) electrons. The molecule has 1 aliphatic heterocycles. The van der Waals surface area contributed by atoms with Crippen molar-refractivity contribution in [1.29, 1.82) is 0 Å². The number of hydrogen-bond acceptors (Lipinski definition) is 3. The quantitative estimate of drug-likeness (QED) is 0.436. The fourth-order valence-electron chi connectivity index (χ4n) is 1.23. The predicted molar refractivity (Wildman–Crippen MR) is 44.9 cm³/mol. The van der Waals surface area contributed by atoms with Crippen molar-refractivity contribution in [3.63, 3.8) is 0 Å². The second-order valence-electron chi connectivity index (χ2n) is 2.91. The molecule has 1 atom stereocenters. The number of carbonyl (C=O) groups is 2. The van der Waals surface area contributed by atoms with Crippen LogP contribution in [0, 0.1) is 0 Å². The maximum absolute atomic E-state index is 11.2. The van der Waals surface area contributed by atoms with E-state index in [4.69, 9.17) is 5.11 Å². The average Bonchev–Trinajstić information content (AvgIpc) is 2.27. The Morgan fingerprint density at radius 2 is 2.31 bits per heavy atom. The van der Waals surface area contributed by atoms with Crippen molar-refractivity contribution in [2.45, 2.75) is 25.3 Å². The lowest BCUT2D eigenvalue weighted by Crippen LogP contribution is -2.50. The van der Waals surface area contributed by atoms with Crippen molar-refractivity contribution < 1.29 is 14.7 Å². The molecule has 1 saturated heterocycles. The van der Waals surface area contributed by atoms with E-state index < -0.39 is 12.1 Å². The highest BCUT2D eigenvalue weighted by Gasteiger charge is 2.20. The summed E-state index contributed by atoms with van der Waals surface area (Å²) in [7, 11) is 0. The van der Waals surface area contributed by atoms with Crippen molar-refractivity contribution in [3.05, 3.63) is 0 Å². The first-order valence-electron chi connectivity index (χ1n) is 4.22. The molecule has 74 valence electrons. The second-order valence-corrected chi connectivity index (χ2v) is 2.91. The maximum Gasteiger partial charge on any atom is 0.419 e. The van der Waals surface area contributed by atoms with E-state index >= 15 is 0 Å². The molecule has 0 aromatic carbocycles. The van der Waals surface area contributed by atoms with Crippen LogP contribution in [-0.2, 0) is 4.79 Å². The summed E-state index contributed by atoms with van der Waals surface area (Å²) in [6.07, 6.45) is 1.33. The Balaban J connectivity index is 2.36. The highest BCUT2D eigenvalue weighted by atomic mass is 16.4. The summed E-state index contributed by atoms with van der Waals surface area (Å²) in [5, 5.41) is 11.0. The summed E-state index contributed by atoms with van der Waals surface area (Å²) < 4.78 is 0. The largest absolute Gasteiger partial charge is 0.464 e. The molecule has 0 aliphatic carbocycles. The summed E-state index contributed by atoms with van der Waals surface area (Å²) in [6.45, 7) is 0.671. The molecule has 1 aliphatic rings. The van der Waals surface area contributed by atoms with Gasteiger partial charge in [-0.3, -0.25) is 10.2 Å². The van der Waals surface area contributed by atoms with Crippen LogP contribution in [0.5, 0.6) is 0 Å². The Morgan fingerprint density at radius 3 is 3.00 bits per heavy atom. The molecule has 0 spiro atoms. The van der Waals surface area contributed by atoms with Crippen LogP contribution in [0.25, 0.3) is 0 Å². The zero-order valence-electron chi connectivity index (χ0n) is 7.17. The van der Waals surface area contributed by atoms with Crippen molar-refractivity contribution in [3.8, 4) is 0 Å². The third-order valence-electron chi connectivity index (χ3n) is 1.89. The standard InChI is InChI=1S/C7H13N3O3/c11-6-5(9-10-7(12)13)3-1-2-4-8-6/h5,9-10H,1-4H2,(H,8,11)(H,12,13). The Labute approximate surface area is 75.7 Å². The van der Waals surface area contributed by atoms with Gasteiger partial charge in [-0.15, -0.1) is 0 Å². The van der Waals surface area contributed by atoms with Gasteiger partial charge in [-0.25, -0.2) is 10.2 Å². The van der Waals surface area contributed by atoms with E-state index in [1.165, 1.54) is 0 Å². The molecular formula is C7H13N3O3. The number of amides is 2. The van der Waals surface area contributed by atoms with Gasteiger partial charge in [0.05, 0.1) is 0 Å². The van der Waals surface area contributed by atoms with E-state index in [-0.39, 0.29) is 5.91 Å². The maximum atomic E-state index is 11.2. The van der Waals surface area contributed by atoms with E-state index in [1.807, 2.05) is 5.43 Å². The summed E-state index contributed by atoms with van der Waals surface area (Å²) >= 11 is 0. The molecule has 6 heteroatoms. The van der Waals surface area contributed by atoms with Gasteiger partial charge >= 0.3 is 6.09 Å². The van der Waals surface area contributed by atoms with Crippen molar-refractivity contribution in [2.24, 2.45) is 0 Å². The minimum absolute atomic E-state index is 0.147. The molecular weight excluding hydrogens is 174 g/mol. The van der Waals surface area contributed by atoms with E-state index in [2.05, 4.69) is 10.7 Å². The van der Waals surface area contributed by atoms with Gasteiger partial charge in [0.15, 0.2) is 0 Å². The summed E-state index contributed by atoms with van der Waals surface area (Å²) in [6, 6.07) is -0.446. The van der Waals surface area contributed by atoms with Gasteiger partial charge in [-0.2, -0.15) is 0 Å². The van der Waals surface area contributed by atoms with Crippen LogP contribution in [0.15, 0.2) is 0 Å². The second kappa shape index (κ2) is 4.66. The molecule has 0 saturated carbocycles. The Kier molecular flexibility index (Phi) is 3.51. The average molecular weight is 187 g/mol. The zero-order valence-corrected chi connectivity index (χ0v) is 7.17. The molecule has 1 unspecified atom stereocenters. The minimum atomic E-state index is -1.18. The van der Waals surface area contributed by atoms with Crippen LogP contribution in [-0.4, -0.2) is 29.7 Å². The predicted octanol–water partition coefficient (Wildman–Crippen LogP) is -0.573. The van der Waals surface area contributed by atoms with Crippen LogP contribution in [0.1, 0.15) is 19.3 Å². The molecule has 1 fully saturated rings. The number of nitrogens with one attached hydrogen (secondary N) is 3. The normalized spacial score (nSPS) is 23.1. The summed E-state index contributed by atoms with van der Waals surface area (Å²) in [5.74, 6) is -0.147. The van der Waals surface area contributed by atoms with Gasteiger partial charge < -0.3 is 10.4 Å². The van der Waals surface area contributed by atoms with Gasteiger partial charge in [-0.05, 0) is 19.3 Å². The van der Waals surface area contributed by atoms with Crippen LogP contribution in [0.3, 0.4) is 0 Å². The van der Waals surface area contributed by atoms with Crippen molar-refractivity contribution in [1.82, 2.24) is 16.2 Å². The number of rotatable bonds is 2. The van der Waals surface area contributed by atoms with Gasteiger partial charge in [0.25, 0.3) is 0 Å². The fraction of sp³-hybridized carbons (Fsp3) is 0.714. The summed E-state index contributed by atoms with van der Waals surface area (Å²) in [5.41, 5.74) is 4.43. The zero-order chi connectivity index (χ0) is 9.68. The van der Waals surface area contributed by atoms with Gasteiger partial charge in [0, 0.05) is 6.54 Å². The highest BCUT2D eigenvalue weighted by molar-refractivity contribution is 5.82. The van der Waals surface area contributed by atoms with Crippen molar-refractivity contribution in [2.75, 3.05) is 6.54 Å². The first kappa shape index (κ1) is 9.79. The van der Waals surface area contributed by atoms with Gasteiger partial charge in [0.2, 0.25) is 5.91 Å². The lowest BCUT2D eigenvalue weighted by molar-refractivity contribution is -0.123. The van der Waals surface area contributed by atoms with E-state index in [0.717, 1.165) is 12.8 Å². The Morgan fingerprint density at radius 1 is 1.54 bits per heavy atom. The molecule has 6 nitrogen and oxygen atoms in total. The van der Waals surface area contributed by atoms with E-state index in [0.29, 0.717) is 13.0 Å². The minimum Gasteiger partial charge on any atom is -0.464 e. The highest BCUT2D eigenvalue weighted by Crippen LogP contribution is 2.03. The molecule has 0 bridgehead atoms. The molecule has 4 N–H and O–H groups in total. The van der Waals surface area contributed by atoms with Crippen molar-refractivity contribution >= 4 is 12.0 Å². The first-order chi connectivity index (χ1) is 6.20. The van der Waals surface area contributed by atoms with Crippen LogP contribution >= 0.6 is 0 Å². The van der Waals surface area contributed by atoms with Gasteiger partial charge in [-0.1, -0.05) is 0 Å². The number of hydrazine groups is 1. The van der Waals surface area contributed by atoms with Crippen LogP contribution in [0.2, 0.25) is 0 Å². The Hall–Kier alpha value is -1.30. The number of carbonyl (C=O) groups excluding carboxylic acids is 1. The molecule has 0 aromatic heterocycles. The lowest BCUT2D eigenvalue weighted by atomic mass is 10.1. The van der Waals surface area contributed by atoms with Crippen LogP contribution in [0.4, 0.5) is 4.79 Å². The third kappa shape index (κ3) is 3.29. The smallest absolute Gasteiger partial charge is 0.419 e. The molecule has 1 rings (SSSR count). The number of carboxylic acid groups (broad SMARTS) is 1. The SMILES string of the molecule is O=C(O)NNC1CCCCNC1=O. The summed E-state index contributed by atoms with van der Waals surface area (Å²) in [4.78, 5) is 21.3.